The molecule has 0 unspecified atom stereocenters. The number of anilines is 1. The molecule has 2 saturated heterocycles. The van der Waals surface area contributed by atoms with E-state index in [2.05, 4.69) is 39.9 Å². The molecule has 0 radical (unpaired) electrons. The molecule has 2 fully saturated rings. The lowest BCUT2D eigenvalue weighted by atomic mass is 9.91. The third-order valence-electron chi connectivity index (χ3n) is 5.71. The predicted molar refractivity (Wildman–Crippen MR) is 108 cm³/mol. The van der Waals surface area contributed by atoms with Crippen LogP contribution in [0.5, 0.6) is 0 Å². The van der Waals surface area contributed by atoms with Gasteiger partial charge in [-0.05, 0) is 55.7 Å². The molecule has 3 aliphatic rings. The van der Waals surface area contributed by atoms with Gasteiger partial charge in [0.1, 0.15) is 0 Å². The maximum atomic E-state index is 12.7. The summed E-state index contributed by atoms with van der Waals surface area (Å²) in [7, 11) is -3.23. The molecule has 3 heterocycles. The van der Waals surface area contributed by atoms with Gasteiger partial charge in [0.05, 0.1) is 6.54 Å². The molecular weight excluding hydrogens is 362 g/mol. The predicted octanol–water partition coefficient (Wildman–Crippen LogP) is 1.65. The Morgan fingerprint density at radius 1 is 1.04 bits per heavy atom. The minimum absolute atomic E-state index is 0.551. The number of nitrogens with zero attached hydrogens (tertiary/aromatic N) is 3. The standard InChI is InChI=1S/C19H29N5O2S/c25-27(26,23-11-1-2-12-23)24-13-7-17(8-14-24)15-16-3-5-18(6-4-16)22-19-20-9-10-21-19/h3-6,17H,1-2,7-15H2,(H2,20,21,22). The summed E-state index contributed by atoms with van der Waals surface area (Å²) in [5.74, 6) is 1.39. The van der Waals surface area contributed by atoms with E-state index in [1.165, 1.54) is 5.56 Å². The van der Waals surface area contributed by atoms with Gasteiger partial charge >= 0.3 is 0 Å². The SMILES string of the molecule is O=S(=O)(N1CCCC1)N1CCC(Cc2ccc(NC3=NCCN3)cc2)CC1. The number of piperidine rings is 1. The van der Waals surface area contributed by atoms with E-state index in [1.54, 1.807) is 8.61 Å². The molecule has 0 bridgehead atoms. The highest BCUT2D eigenvalue weighted by molar-refractivity contribution is 7.86. The number of guanidine groups is 1. The van der Waals surface area contributed by atoms with Crippen LogP contribution in [0.15, 0.2) is 29.3 Å². The molecule has 3 aliphatic heterocycles. The van der Waals surface area contributed by atoms with Crippen LogP contribution >= 0.6 is 0 Å². The minimum Gasteiger partial charge on any atom is -0.354 e. The Labute approximate surface area is 162 Å². The molecule has 8 heteroatoms. The molecule has 148 valence electrons. The van der Waals surface area contributed by atoms with Crippen LogP contribution in [0.1, 0.15) is 31.2 Å². The van der Waals surface area contributed by atoms with Gasteiger partial charge in [0.25, 0.3) is 10.2 Å². The van der Waals surface area contributed by atoms with E-state index in [-0.39, 0.29) is 0 Å². The second-order valence-electron chi connectivity index (χ2n) is 7.64. The van der Waals surface area contributed by atoms with Crippen molar-refractivity contribution in [1.29, 1.82) is 0 Å². The molecule has 0 atom stereocenters. The first kappa shape index (κ1) is 18.7. The molecule has 1 aromatic carbocycles. The molecule has 1 aromatic rings. The number of nitrogens with one attached hydrogen (secondary N) is 2. The first-order valence-electron chi connectivity index (χ1n) is 10.0. The van der Waals surface area contributed by atoms with E-state index in [0.29, 0.717) is 32.1 Å². The average Bonchev–Trinajstić information content (AvgIpc) is 3.38. The molecule has 4 rings (SSSR count). The molecule has 27 heavy (non-hydrogen) atoms. The van der Waals surface area contributed by atoms with E-state index in [9.17, 15) is 8.42 Å². The summed E-state index contributed by atoms with van der Waals surface area (Å²) in [6.07, 6.45) is 4.87. The van der Waals surface area contributed by atoms with Gasteiger partial charge in [0.2, 0.25) is 0 Å². The summed E-state index contributed by atoms with van der Waals surface area (Å²) in [6.45, 7) is 4.39. The first-order valence-corrected chi connectivity index (χ1v) is 11.4. The highest BCUT2D eigenvalue weighted by Crippen LogP contribution is 2.26. The van der Waals surface area contributed by atoms with Gasteiger partial charge in [-0.1, -0.05) is 12.1 Å². The van der Waals surface area contributed by atoms with Gasteiger partial charge in [-0.3, -0.25) is 4.99 Å². The third kappa shape index (κ3) is 4.44. The molecule has 2 N–H and O–H groups in total. The van der Waals surface area contributed by atoms with Crippen LogP contribution in [0.3, 0.4) is 0 Å². The van der Waals surface area contributed by atoms with E-state index in [4.69, 9.17) is 0 Å². The number of rotatable bonds is 5. The van der Waals surface area contributed by atoms with Crippen molar-refractivity contribution in [2.45, 2.75) is 32.1 Å². The fraction of sp³-hybridized carbons (Fsp3) is 0.632. The lowest BCUT2D eigenvalue weighted by Gasteiger charge is -2.33. The van der Waals surface area contributed by atoms with Crippen LogP contribution in [0, 0.1) is 5.92 Å². The van der Waals surface area contributed by atoms with Crippen LogP contribution < -0.4 is 10.6 Å². The lowest BCUT2D eigenvalue weighted by molar-refractivity contribution is 0.258. The van der Waals surface area contributed by atoms with E-state index < -0.39 is 10.2 Å². The zero-order valence-electron chi connectivity index (χ0n) is 15.7. The summed E-state index contributed by atoms with van der Waals surface area (Å²) in [4.78, 5) is 4.34. The Kier molecular flexibility index (Phi) is 5.66. The Bertz CT molecular complexity index is 764. The Morgan fingerprint density at radius 2 is 1.70 bits per heavy atom. The van der Waals surface area contributed by atoms with Gasteiger partial charge < -0.3 is 10.6 Å². The van der Waals surface area contributed by atoms with Crippen molar-refractivity contribution < 1.29 is 8.42 Å². The second-order valence-corrected chi connectivity index (χ2v) is 9.57. The van der Waals surface area contributed by atoms with Gasteiger partial charge in [0, 0.05) is 38.4 Å². The molecule has 0 amide bonds. The average molecular weight is 392 g/mol. The van der Waals surface area contributed by atoms with Crippen LogP contribution in [0.25, 0.3) is 0 Å². The fourth-order valence-electron chi connectivity index (χ4n) is 4.10. The highest BCUT2D eigenvalue weighted by atomic mass is 32.2. The van der Waals surface area contributed by atoms with E-state index >= 15 is 0 Å². The van der Waals surface area contributed by atoms with Crippen molar-refractivity contribution in [1.82, 2.24) is 13.9 Å². The van der Waals surface area contributed by atoms with Crippen LogP contribution in [0.4, 0.5) is 5.69 Å². The Morgan fingerprint density at radius 3 is 2.33 bits per heavy atom. The number of hydrogen-bond acceptors (Lipinski definition) is 5. The van der Waals surface area contributed by atoms with Gasteiger partial charge in [0.15, 0.2) is 5.96 Å². The third-order valence-corrected chi connectivity index (χ3v) is 7.74. The van der Waals surface area contributed by atoms with Crippen molar-refractivity contribution in [2.24, 2.45) is 10.9 Å². The maximum absolute atomic E-state index is 12.7. The van der Waals surface area contributed by atoms with Crippen LogP contribution in [0.2, 0.25) is 0 Å². The van der Waals surface area contributed by atoms with Crippen LogP contribution in [-0.4, -0.2) is 62.3 Å². The van der Waals surface area contributed by atoms with Crippen molar-refractivity contribution >= 4 is 21.9 Å². The van der Waals surface area contributed by atoms with Crippen molar-refractivity contribution in [3.63, 3.8) is 0 Å². The van der Waals surface area contributed by atoms with E-state index in [1.807, 2.05) is 0 Å². The number of aliphatic imine (C=N–C) groups is 1. The molecule has 0 spiro atoms. The summed E-state index contributed by atoms with van der Waals surface area (Å²) < 4.78 is 28.7. The van der Waals surface area contributed by atoms with Crippen LogP contribution in [-0.2, 0) is 16.6 Å². The summed E-state index contributed by atoms with van der Waals surface area (Å²) in [6, 6.07) is 8.49. The van der Waals surface area contributed by atoms with Gasteiger partial charge in [-0.15, -0.1) is 0 Å². The quantitative estimate of drug-likeness (QED) is 0.800. The summed E-state index contributed by atoms with van der Waals surface area (Å²) in [5.41, 5.74) is 2.35. The lowest BCUT2D eigenvalue weighted by Crippen LogP contribution is -2.46. The fourth-order valence-corrected chi connectivity index (χ4v) is 5.82. The molecule has 0 aromatic heterocycles. The molecule has 0 saturated carbocycles. The van der Waals surface area contributed by atoms with Crippen molar-refractivity contribution in [3.05, 3.63) is 29.8 Å². The normalized spacial score (nSPS) is 22.6. The highest BCUT2D eigenvalue weighted by Gasteiger charge is 2.34. The smallest absolute Gasteiger partial charge is 0.281 e. The summed E-state index contributed by atoms with van der Waals surface area (Å²) >= 11 is 0. The minimum atomic E-state index is -3.23. The number of benzene rings is 1. The first-order chi connectivity index (χ1) is 13.1. The Hall–Kier alpha value is -1.64. The number of hydrogen-bond donors (Lipinski definition) is 2. The van der Waals surface area contributed by atoms with E-state index in [0.717, 1.165) is 56.8 Å². The summed E-state index contributed by atoms with van der Waals surface area (Å²) in [5, 5.41) is 6.49. The monoisotopic (exact) mass is 391 g/mol. The Balaban J connectivity index is 1.27. The second kappa shape index (κ2) is 8.16. The van der Waals surface area contributed by atoms with Gasteiger partial charge in [-0.25, -0.2) is 0 Å². The zero-order chi connectivity index (χ0) is 18.7. The maximum Gasteiger partial charge on any atom is 0.281 e. The van der Waals surface area contributed by atoms with Crippen molar-refractivity contribution in [2.75, 3.05) is 44.6 Å². The topological polar surface area (TPSA) is 77.0 Å². The largest absolute Gasteiger partial charge is 0.354 e. The molecule has 0 aliphatic carbocycles. The van der Waals surface area contributed by atoms with Gasteiger partial charge in [-0.2, -0.15) is 17.0 Å². The van der Waals surface area contributed by atoms with Crippen molar-refractivity contribution in [3.8, 4) is 0 Å². The molecular formula is C19H29N5O2S. The molecule has 7 nitrogen and oxygen atoms in total. The zero-order valence-corrected chi connectivity index (χ0v) is 16.5.